The van der Waals surface area contributed by atoms with E-state index in [2.05, 4.69) is 29.5 Å². The largest absolute Gasteiger partial charge is 0.493 e. The number of ether oxygens (including phenoxy) is 2. The van der Waals surface area contributed by atoms with Gasteiger partial charge in [-0.2, -0.15) is 0 Å². The number of hydrogen-bond donors (Lipinski definition) is 2. The maximum absolute atomic E-state index is 12.2. The Morgan fingerprint density at radius 1 is 1.32 bits per heavy atom. The van der Waals surface area contributed by atoms with Gasteiger partial charge in [0, 0.05) is 24.7 Å². The van der Waals surface area contributed by atoms with Crippen LogP contribution < -0.4 is 20.1 Å². The van der Waals surface area contributed by atoms with Crippen molar-refractivity contribution >= 4 is 34.4 Å². The molecule has 1 saturated heterocycles. The highest BCUT2D eigenvalue weighted by molar-refractivity contribution is 8.15. The Balaban J connectivity index is 1.94. The van der Waals surface area contributed by atoms with Gasteiger partial charge in [-0.05, 0) is 18.1 Å². The third-order valence-electron chi connectivity index (χ3n) is 3.41. The Labute approximate surface area is 151 Å². The van der Waals surface area contributed by atoms with Crippen molar-refractivity contribution in [3.8, 4) is 11.5 Å². The number of rotatable bonds is 7. The standard InChI is InChI=1S/C17H23N3O4S/c1-10(2)9-18-17-20-16(22)14(25-17)8-15(21)19-11-5-6-12(23-3)13(7-11)24-4/h5-7,10,14H,8-9H2,1-4H3,(H,19,21)(H,18,20,22)/t14-/m1/s1. The fourth-order valence-corrected chi connectivity index (χ4v) is 3.15. The van der Waals surface area contributed by atoms with E-state index < -0.39 is 5.25 Å². The average molecular weight is 365 g/mol. The van der Waals surface area contributed by atoms with Crippen molar-refractivity contribution in [3.05, 3.63) is 18.2 Å². The predicted molar refractivity (Wildman–Crippen MR) is 99.5 cm³/mol. The molecule has 1 atom stereocenters. The van der Waals surface area contributed by atoms with Gasteiger partial charge in [-0.1, -0.05) is 25.6 Å². The fourth-order valence-electron chi connectivity index (χ4n) is 2.17. The Morgan fingerprint density at radius 2 is 2.04 bits per heavy atom. The number of amidine groups is 1. The smallest absolute Gasteiger partial charge is 0.240 e. The lowest BCUT2D eigenvalue weighted by atomic mass is 10.2. The molecule has 0 unspecified atom stereocenters. The summed E-state index contributed by atoms with van der Waals surface area (Å²) in [5.74, 6) is 1.09. The van der Waals surface area contributed by atoms with Crippen molar-refractivity contribution in [2.45, 2.75) is 25.5 Å². The number of nitrogens with zero attached hydrogens (tertiary/aromatic N) is 1. The summed E-state index contributed by atoms with van der Waals surface area (Å²) in [7, 11) is 3.07. The molecule has 0 spiro atoms. The Morgan fingerprint density at radius 3 is 2.68 bits per heavy atom. The Bertz CT molecular complexity index is 676. The highest BCUT2D eigenvalue weighted by Gasteiger charge is 2.32. The molecule has 8 heteroatoms. The monoisotopic (exact) mass is 365 g/mol. The van der Waals surface area contributed by atoms with Crippen LogP contribution in [-0.4, -0.2) is 43.0 Å². The van der Waals surface area contributed by atoms with Gasteiger partial charge in [-0.15, -0.1) is 0 Å². The van der Waals surface area contributed by atoms with Gasteiger partial charge in [0.2, 0.25) is 11.8 Å². The molecular formula is C17H23N3O4S. The molecule has 1 aliphatic heterocycles. The summed E-state index contributed by atoms with van der Waals surface area (Å²) in [6.45, 7) is 4.76. The average Bonchev–Trinajstić information content (AvgIpc) is 2.92. The van der Waals surface area contributed by atoms with Crippen LogP contribution >= 0.6 is 11.8 Å². The highest BCUT2D eigenvalue weighted by atomic mass is 32.2. The Hall–Kier alpha value is -2.22. The molecule has 136 valence electrons. The van der Waals surface area contributed by atoms with E-state index in [1.807, 2.05) is 0 Å². The van der Waals surface area contributed by atoms with Gasteiger partial charge < -0.3 is 20.1 Å². The second kappa shape index (κ2) is 8.75. The molecule has 2 N–H and O–H groups in total. The summed E-state index contributed by atoms with van der Waals surface area (Å²) in [6.07, 6.45) is 0.0749. The molecule has 25 heavy (non-hydrogen) atoms. The van der Waals surface area contributed by atoms with Crippen LogP contribution in [0.5, 0.6) is 11.5 Å². The summed E-state index contributed by atoms with van der Waals surface area (Å²) in [5.41, 5.74) is 0.583. The van der Waals surface area contributed by atoms with E-state index in [1.54, 1.807) is 25.3 Å². The van der Waals surface area contributed by atoms with Crippen molar-refractivity contribution < 1.29 is 19.1 Å². The van der Waals surface area contributed by atoms with Crippen molar-refractivity contribution in [2.24, 2.45) is 10.9 Å². The summed E-state index contributed by atoms with van der Waals surface area (Å²) >= 11 is 1.30. The number of nitrogens with one attached hydrogen (secondary N) is 2. The maximum atomic E-state index is 12.2. The van der Waals surface area contributed by atoms with E-state index in [0.717, 1.165) is 0 Å². The molecule has 1 fully saturated rings. The number of amides is 2. The van der Waals surface area contributed by atoms with Crippen LogP contribution in [0.4, 0.5) is 5.69 Å². The molecule has 1 aliphatic rings. The van der Waals surface area contributed by atoms with Crippen LogP contribution in [0, 0.1) is 5.92 Å². The van der Waals surface area contributed by atoms with E-state index in [9.17, 15) is 9.59 Å². The molecule has 0 radical (unpaired) electrons. The van der Waals surface area contributed by atoms with Gasteiger partial charge in [-0.3, -0.25) is 14.6 Å². The Kier molecular flexibility index (Phi) is 6.69. The van der Waals surface area contributed by atoms with Crippen LogP contribution in [0.1, 0.15) is 20.3 Å². The topological polar surface area (TPSA) is 89.0 Å². The number of benzene rings is 1. The molecule has 0 aromatic heterocycles. The summed E-state index contributed by atoms with van der Waals surface area (Å²) in [5, 5.41) is 5.61. The first-order valence-corrected chi connectivity index (χ1v) is 8.84. The minimum atomic E-state index is -0.467. The summed E-state index contributed by atoms with van der Waals surface area (Å²) in [6, 6.07) is 5.10. The number of carbonyl (C=O) groups is 2. The fraction of sp³-hybridized carbons (Fsp3) is 0.471. The first-order chi connectivity index (χ1) is 11.9. The van der Waals surface area contributed by atoms with E-state index in [4.69, 9.17) is 9.47 Å². The van der Waals surface area contributed by atoms with Crippen molar-refractivity contribution in [1.82, 2.24) is 5.32 Å². The lowest BCUT2D eigenvalue weighted by Crippen LogP contribution is -2.28. The van der Waals surface area contributed by atoms with E-state index in [0.29, 0.717) is 34.8 Å². The van der Waals surface area contributed by atoms with Crippen molar-refractivity contribution in [1.29, 1.82) is 0 Å². The minimum Gasteiger partial charge on any atom is -0.493 e. The molecule has 7 nitrogen and oxygen atoms in total. The molecular weight excluding hydrogens is 342 g/mol. The second-order valence-corrected chi connectivity index (χ2v) is 7.15. The second-order valence-electron chi connectivity index (χ2n) is 5.96. The zero-order chi connectivity index (χ0) is 18.4. The molecule has 2 rings (SSSR count). The molecule has 1 heterocycles. The number of hydrogen-bond acceptors (Lipinski definition) is 6. The molecule has 1 aromatic rings. The van der Waals surface area contributed by atoms with Gasteiger partial charge in [0.15, 0.2) is 16.7 Å². The minimum absolute atomic E-state index is 0.0749. The van der Waals surface area contributed by atoms with Crippen LogP contribution in [0.15, 0.2) is 23.2 Å². The molecule has 2 amide bonds. The highest BCUT2D eigenvalue weighted by Crippen LogP contribution is 2.30. The predicted octanol–water partition coefficient (Wildman–Crippen LogP) is 2.28. The number of methoxy groups -OCH3 is 2. The number of thioether (sulfide) groups is 1. The van der Waals surface area contributed by atoms with Gasteiger partial charge >= 0.3 is 0 Å². The van der Waals surface area contributed by atoms with Crippen LogP contribution in [0.2, 0.25) is 0 Å². The zero-order valence-electron chi connectivity index (χ0n) is 14.8. The van der Waals surface area contributed by atoms with Gasteiger partial charge in [0.05, 0.1) is 14.2 Å². The van der Waals surface area contributed by atoms with Gasteiger partial charge in [0.25, 0.3) is 0 Å². The first kappa shape index (κ1) is 19.1. The van der Waals surface area contributed by atoms with E-state index in [1.165, 1.54) is 18.9 Å². The number of anilines is 1. The van der Waals surface area contributed by atoms with Gasteiger partial charge in [0.1, 0.15) is 5.25 Å². The van der Waals surface area contributed by atoms with Crippen LogP contribution in [0.25, 0.3) is 0 Å². The SMILES string of the molecule is COc1ccc(NC(=O)C[C@H]2SC(=NCC(C)C)NC2=O)cc1OC. The molecule has 1 aromatic carbocycles. The normalized spacial score (nSPS) is 18.4. The molecule has 0 aliphatic carbocycles. The zero-order valence-corrected chi connectivity index (χ0v) is 15.6. The van der Waals surface area contributed by atoms with E-state index in [-0.39, 0.29) is 18.2 Å². The summed E-state index contributed by atoms with van der Waals surface area (Å²) in [4.78, 5) is 28.5. The van der Waals surface area contributed by atoms with Crippen LogP contribution in [0.3, 0.4) is 0 Å². The molecule has 0 saturated carbocycles. The number of aliphatic imine (C=N–C) groups is 1. The lowest BCUT2D eigenvalue weighted by molar-refractivity contribution is -0.122. The van der Waals surface area contributed by atoms with Crippen molar-refractivity contribution in [3.63, 3.8) is 0 Å². The quantitative estimate of drug-likeness (QED) is 0.774. The van der Waals surface area contributed by atoms with E-state index >= 15 is 0 Å². The molecule has 0 bridgehead atoms. The lowest BCUT2D eigenvalue weighted by Gasteiger charge is -2.11. The van der Waals surface area contributed by atoms with Crippen LogP contribution in [-0.2, 0) is 9.59 Å². The number of carbonyl (C=O) groups excluding carboxylic acids is 2. The summed E-state index contributed by atoms with van der Waals surface area (Å²) < 4.78 is 10.4. The first-order valence-electron chi connectivity index (χ1n) is 7.96. The maximum Gasteiger partial charge on any atom is 0.240 e. The third-order valence-corrected chi connectivity index (χ3v) is 4.53. The third kappa shape index (κ3) is 5.38. The van der Waals surface area contributed by atoms with Crippen molar-refractivity contribution in [2.75, 3.05) is 26.1 Å². The van der Waals surface area contributed by atoms with Gasteiger partial charge in [-0.25, -0.2) is 0 Å².